The quantitative estimate of drug-likeness (QED) is 0.127. The molecule has 2 heterocycles. The standard InChI is InChI=1S/C44H49N5/c1-6-47(7-2)37-25-19-34(20-26-37)23-29-42-40(32-36-15-11-10-12-16-36)43(30-24-35-21-27-38(28-22-35)48(8-3)9-4)49(46-42)44-31-33(5)39-17-13-14-18-41(39)45-44/h10-31,40,43H,6-9,32H2,1-5H3. The van der Waals surface area contributed by atoms with Crippen LogP contribution in [0.2, 0.25) is 0 Å². The molecule has 0 saturated heterocycles. The van der Waals surface area contributed by atoms with Crippen LogP contribution >= 0.6 is 0 Å². The van der Waals surface area contributed by atoms with E-state index in [4.69, 9.17) is 10.1 Å². The Morgan fingerprint density at radius 3 is 1.84 bits per heavy atom. The van der Waals surface area contributed by atoms with E-state index < -0.39 is 0 Å². The molecule has 0 fully saturated rings. The second-order valence-corrected chi connectivity index (χ2v) is 12.7. The molecule has 0 aliphatic carbocycles. The maximum absolute atomic E-state index is 5.36. The third-order valence-electron chi connectivity index (χ3n) is 9.72. The van der Waals surface area contributed by atoms with E-state index in [2.05, 4.69) is 183 Å². The summed E-state index contributed by atoms with van der Waals surface area (Å²) in [5, 5.41) is 8.68. The highest BCUT2D eigenvalue weighted by Crippen LogP contribution is 2.34. The van der Waals surface area contributed by atoms with Gasteiger partial charge in [0.15, 0.2) is 0 Å². The number of pyridine rings is 1. The largest absolute Gasteiger partial charge is 0.372 e. The van der Waals surface area contributed by atoms with Gasteiger partial charge < -0.3 is 9.80 Å². The number of hydrazone groups is 1. The van der Waals surface area contributed by atoms with Gasteiger partial charge in [-0.1, -0.05) is 91.0 Å². The number of allylic oxidation sites excluding steroid dienone is 1. The molecule has 1 aromatic heterocycles. The summed E-state index contributed by atoms with van der Waals surface area (Å²) in [6.07, 6.45) is 9.87. The zero-order chi connectivity index (χ0) is 34.2. The molecular formula is C44H49N5. The van der Waals surface area contributed by atoms with Crippen molar-refractivity contribution in [3.63, 3.8) is 0 Å². The zero-order valence-corrected chi connectivity index (χ0v) is 29.6. The Labute approximate surface area is 292 Å². The molecule has 4 aromatic carbocycles. The highest BCUT2D eigenvalue weighted by molar-refractivity contribution is 6.03. The molecule has 2 unspecified atom stereocenters. The van der Waals surface area contributed by atoms with Gasteiger partial charge in [0.2, 0.25) is 0 Å². The molecule has 6 rings (SSSR count). The predicted molar refractivity (Wildman–Crippen MR) is 212 cm³/mol. The highest BCUT2D eigenvalue weighted by atomic mass is 15.5. The second kappa shape index (κ2) is 15.8. The van der Waals surface area contributed by atoms with Crippen molar-refractivity contribution in [1.82, 2.24) is 4.98 Å². The van der Waals surface area contributed by atoms with Crippen LogP contribution in [0.15, 0.2) is 126 Å². The summed E-state index contributed by atoms with van der Waals surface area (Å²) in [5.74, 6) is 0.987. The van der Waals surface area contributed by atoms with Crippen molar-refractivity contribution in [3.05, 3.63) is 144 Å². The summed E-state index contributed by atoms with van der Waals surface area (Å²) in [4.78, 5) is 9.90. The van der Waals surface area contributed by atoms with Crippen LogP contribution in [-0.4, -0.2) is 42.9 Å². The molecule has 5 nitrogen and oxygen atoms in total. The lowest BCUT2D eigenvalue weighted by Crippen LogP contribution is -2.33. The third-order valence-corrected chi connectivity index (χ3v) is 9.72. The molecule has 1 aliphatic rings. The van der Waals surface area contributed by atoms with Crippen molar-refractivity contribution < 1.29 is 0 Å². The molecule has 1 aliphatic heterocycles. The number of nitrogens with zero attached hydrogens (tertiary/aromatic N) is 5. The van der Waals surface area contributed by atoms with Crippen LogP contribution in [0, 0.1) is 12.8 Å². The zero-order valence-electron chi connectivity index (χ0n) is 29.6. The molecule has 5 aromatic rings. The van der Waals surface area contributed by atoms with Gasteiger partial charge >= 0.3 is 0 Å². The number of hydrogen-bond acceptors (Lipinski definition) is 5. The smallest absolute Gasteiger partial charge is 0.150 e. The molecular weight excluding hydrogens is 599 g/mol. The minimum Gasteiger partial charge on any atom is -0.372 e. The molecule has 0 amide bonds. The van der Waals surface area contributed by atoms with E-state index in [9.17, 15) is 0 Å². The monoisotopic (exact) mass is 647 g/mol. The Hall–Kier alpha value is -5.16. The Morgan fingerprint density at radius 1 is 0.653 bits per heavy atom. The maximum Gasteiger partial charge on any atom is 0.150 e. The van der Waals surface area contributed by atoms with Crippen LogP contribution in [0.4, 0.5) is 17.2 Å². The first-order valence-corrected chi connectivity index (χ1v) is 17.9. The predicted octanol–water partition coefficient (Wildman–Crippen LogP) is 10.1. The van der Waals surface area contributed by atoms with Crippen LogP contribution in [0.25, 0.3) is 23.1 Å². The minimum absolute atomic E-state index is 0.0274. The van der Waals surface area contributed by atoms with Crippen LogP contribution < -0.4 is 14.8 Å². The molecule has 0 saturated carbocycles. The fourth-order valence-electron chi connectivity index (χ4n) is 6.89. The summed E-state index contributed by atoms with van der Waals surface area (Å²) >= 11 is 0. The molecule has 0 bridgehead atoms. The number of anilines is 3. The average Bonchev–Trinajstić information content (AvgIpc) is 3.48. The van der Waals surface area contributed by atoms with Gasteiger partial charge in [-0.3, -0.25) is 0 Å². The van der Waals surface area contributed by atoms with Gasteiger partial charge in [-0.15, -0.1) is 0 Å². The number of aryl methyl sites for hydroxylation is 1. The van der Waals surface area contributed by atoms with Gasteiger partial charge in [0.25, 0.3) is 0 Å². The molecule has 0 N–H and O–H groups in total. The van der Waals surface area contributed by atoms with Crippen molar-refractivity contribution >= 4 is 46.0 Å². The lowest BCUT2D eigenvalue weighted by molar-refractivity contribution is 0.605. The average molecular weight is 648 g/mol. The van der Waals surface area contributed by atoms with Gasteiger partial charge in [-0.2, -0.15) is 5.10 Å². The normalized spacial score (nSPS) is 16.2. The third kappa shape index (κ3) is 7.78. The first-order valence-electron chi connectivity index (χ1n) is 17.9. The van der Waals surface area contributed by atoms with Crippen LogP contribution in [-0.2, 0) is 6.42 Å². The van der Waals surface area contributed by atoms with Crippen molar-refractivity contribution in [2.45, 2.75) is 47.1 Å². The molecule has 5 heteroatoms. The number of fused-ring (bicyclic) bond motifs is 1. The lowest BCUT2D eigenvalue weighted by atomic mass is 9.87. The fourth-order valence-corrected chi connectivity index (χ4v) is 6.89. The Kier molecular flexibility index (Phi) is 10.9. The van der Waals surface area contributed by atoms with E-state index in [-0.39, 0.29) is 12.0 Å². The maximum atomic E-state index is 5.36. The number of hydrogen-bond donors (Lipinski definition) is 0. The minimum atomic E-state index is -0.0274. The van der Waals surface area contributed by atoms with Gasteiger partial charge in [-0.25, -0.2) is 9.99 Å². The first-order chi connectivity index (χ1) is 24.0. The molecule has 2 atom stereocenters. The SMILES string of the molecule is CCN(CC)c1ccc(C=CC2=NN(c3cc(C)c4ccccc4n3)C(C=Cc3ccc(N(CC)CC)cc3)C2Cc2ccccc2)cc1. The number of aromatic nitrogens is 1. The van der Waals surface area contributed by atoms with E-state index >= 15 is 0 Å². The highest BCUT2D eigenvalue weighted by Gasteiger charge is 2.36. The van der Waals surface area contributed by atoms with Crippen LogP contribution in [0.3, 0.4) is 0 Å². The molecule has 0 radical (unpaired) electrons. The molecule has 0 spiro atoms. The Morgan fingerprint density at radius 2 is 1.22 bits per heavy atom. The van der Waals surface area contributed by atoms with Gasteiger partial charge in [0, 0.05) is 48.9 Å². The Bertz CT molecular complexity index is 1900. The van der Waals surface area contributed by atoms with Crippen molar-refractivity contribution in [2.75, 3.05) is 41.0 Å². The lowest BCUT2D eigenvalue weighted by Gasteiger charge is -2.25. The van der Waals surface area contributed by atoms with E-state index in [0.717, 1.165) is 55.2 Å². The van der Waals surface area contributed by atoms with Crippen molar-refractivity contribution in [2.24, 2.45) is 11.0 Å². The van der Waals surface area contributed by atoms with Crippen molar-refractivity contribution in [1.29, 1.82) is 0 Å². The summed E-state index contributed by atoms with van der Waals surface area (Å²) in [5.41, 5.74) is 9.37. The van der Waals surface area contributed by atoms with E-state index in [1.54, 1.807) is 0 Å². The van der Waals surface area contributed by atoms with Crippen molar-refractivity contribution in [3.8, 4) is 0 Å². The summed E-state index contributed by atoms with van der Waals surface area (Å²) in [7, 11) is 0. The topological polar surface area (TPSA) is 35.0 Å². The number of benzene rings is 4. The summed E-state index contributed by atoms with van der Waals surface area (Å²) in [6.45, 7) is 15.0. The van der Waals surface area contributed by atoms with E-state index in [0.29, 0.717) is 0 Å². The molecule has 49 heavy (non-hydrogen) atoms. The van der Waals surface area contributed by atoms with Gasteiger partial charge in [0.05, 0.1) is 17.3 Å². The van der Waals surface area contributed by atoms with Crippen LogP contribution in [0.5, 0.6) is 0 Å². The van der Waals surface area contributed by atoms with E-state index in [1.165, 1.54) is 33.5 Å². The van der Waals surface area contributed by atoms with Gasteiger partial charge in [-0.05, 0) is 106 Å². The van der Waals surface area contributed by atoms with E-state index in [1.807, 2.05) is 0 Å². The Balaban J connectivity index is 1.40. The molecule has 250 valence electrons. The second-order valence-electron chi connectivity index (χ2n) is 12.7. The van der Waals surface area contributed by atoms with Gasteiger partial charge in [0.1, 0.15) is 5.82 Å². The number of rotatable bonds is 13. The van der Waals surface area contributed by atoms with Crippen LogP contribution in [0.1, 0.15) is 49.9 Å². The fraction of sp³-hybridized carbons (Fsp3) is 0.273. The first kappa shape index (κ1) is 33.7. The summed E-state index contributed by atoms with van der Waals surface area (Å²) < 4.78 is 0. The number of para-hydroxylation sites is 1. The summed E-state index contributed by atoms with van der Waals surface area (Å²) in [6, 6.07) is 39.1.